The molecule has 0 saturated carbocycles. The topological polar surface area (TPSA) is 63.3 Å². The molecule has 2 rings (SSSR count). The molecule has 0 radical (unpaired) electrons. The van der Waals surface area contributed by atoms with Crippen molar-refractivity contribution in [1.29, 1.82) is 0 Å². The van der Waals surface area contributed by atoms with Crippen molar-refractivity contribution in [3.8, 4) is 11.1 Å². The highest BCUT2D eigenvalue weighted by atomic mass is 16.4. The molecular formula is C15H15NO2. The van der Waals surface area contributed by atoms with Crippen LogP contribution in [0.3, 0.4) is 0 Å². The number of hydrogen-bond acceptors (Lipinski definition) is 2. The van der Waals surface area contributed by atoms with E-state index in [1.807, 2.05) is 37.3 Å². The van der Waals surface area contributed by atoms with E-state index < -0.39 is 12.0 Å². The average molecular weight is 241 g/mol. The fourth-order valence-corrected chi connectivity index (χ4v) is 1.85. The fourth-order valence-electron chi connectivity index (χ4n) is 1.85. The van der Waals surface area contributed by atoms with Crippen LogP contribution in [0, 0.1) is 6.92 Å². The monoisotopic (exact) mass is 241 g/mol. The number of carbonyl (C=O) groups is 1. The molecule has 1 unspecified atom stereocenters. The van der Waals surface area contributed by atoms with Crippen LogP contribution < -0.4 is 5.73 Å². The largest absolute Gasteiger partial charge is 0.480 e. The van der Waals surface area contributed by atoms with Gasteiger partial charge in [0, 0.05) is 0 Å². The van der Waals surface area contributed by atoms with E-state index in [-0.39, 0.29) is 0 Å². The minimum Gasteiger partial charge on any atom is -0.480 e. The average Bonchev–Trinajstić information content (AvgIpc) is 2.38. The fraction of sp³-hybridized carbons (Fsp3) is 0.133. The molecule has 18 heavy (non-hydrogen) atoms. The Morgan fingerprint density at radius 3 is 2.33 bits per heavy atom. The molecule has 0 aliphatic heterocycles. The Bertz CT molecular complexity index is 561. The van der Waals surface area contributed by atoms with Gasteiger partial charge in [-0.05, 0) is 23.6 Å². The molecule has 0 aliphatic carbocycles. The molecule has 3 nitrogen and oxygen atoms in total. The van der Waals surface area contributed by atoms with Crippen LogP contribution in [0.25, 0.3) is 11.1 Å². The van der Waals surface area contributed by atoms with Crippen LogP contribution in [-0.4, -0.2) is 11.1 Å². The van der Waals surface area contributed by atoms with E-state index in [9.17, 15) is 4.79 Å². The van der Waals surface area contributed by atoms with Gasteiger partial charge in [0.2, 0.25) is 0 Å². The minimum absolute atomic E-state index is 0.610. The summed E-state index contributed by atoms with van der Waals surface area (Å²) in [6.45, 7) is 2.04. The number of benzene rings is 2. The van der Waals surface area contributed by atoms with Gasteiger partial charge in [0.1, 0.15) is 6.04 Å². The lowest BCUT2D eigenvalue weighted by Crippen LogP contribution is -2.20. The Hall–Kier alpha value is -2.13. The van der Waals surface area contributed by atoms with Crippen molar-refractivity contribution in [2.24, 2.45) is 5.73 Å². The number of carboxylic acid groups (broad SMARTS) is 1. The highest BCUT2D eigenvalue weighted by molar-refractivity contribution is 5.75. The maximum absolute atomic E-state index is 10.8. The predicted octanol–water partition coefficient (Wildman–Crippen LogP) is 2.75. The zero-order chi connectivity index (χ0) is 13.1. The van der Waals surface area contributed by atoms with Gasteiger partial charge in [-0.25, -0.2) is 0 Å². The Kier molecular flexibility index (Phi) is 3.44. The summed E-state index contributed by atoms with van der Waals surface area (Å²) in [4.78, 5) is 10.8. The summed E-state index contributed by atoms with van der Waals surface area (Å²) in [5.41, 5.74) is 9.53. The lowest BCUT2D eigenvalue weighted by Gasteiger charge is -2.08. The van der Waals surface area contributed by atoms with Gasteiger partial charge >= 0.3 is 5.97 Å². The van der Waals surface area contributed by atoms with E-state index in [0.717, 1.165) is 11.1 Å². The smallest absolute Gasteiger partial charge is 0.325 e. The van der Waals surface area contributed by atoms with Crippen LogP contribution in [0.5, 0.6) is 0 Å². The summed E-state index contributed by atoms with van der Waals surface area (Å²) in [5.74, 6) is -1.02. The van der Waals surface area contributed by atoms with Crippen LogP contribution in [0.2, 0.25) is 0 Å². The van der Waals surface area contributed by atoms with E-state index in [4.69, 9.17) is 10.8 Å². The Morgan fingerprint density at radius 2 is 1.78 bits per heavy atom. The molecule has 0 fully saturated rings. The molecule has 0 heterocycles. The summed E-state index contributed by atoms with van der Waals surface area (Å²) in [6, 6.07) is 14.5. The molecule has 0 saturated heterocycles. The van der Waals surface area contributed by atoms with Gasteiger partial charge < -0.3 is 10.8 Å². The molecule has 0 aromatic heterocycles. The summed E-state index contributed by atoms with van der Waals surface area (Å²) in [6.07, 6.45) is 0. The quantitative estimate of drug-likeness (QED) is 0.868. The second kappa shape index (κ2) is 5.02. The van der Waals surface area contributed by atoms with Crippen LogP contribution in [-0.2, 0) is 4.79 Å². The standard InChI is InChI=1S/C15H15NO2/c1-10-3-2-4-13(9-10)11-5-7-12(8-6-11)14(16)15(17)18/h2-9,14H,16H2,1H3,(H,17,18). The first-order valence-electron chi connectivity index (χ1n) is 5.73. The number of aliphatic carboxylic acids is 1. The van der Waals surface area contributed by atoms with Gasteiger partial charge in [-0.15, -0.1) is 0 Å². The lowest BCUT2D eigenvalue weighted by atomic mass is 10.00. The van der Waals surface area contributed by atoms with E-state index in [2.05, 4.69) is 6.07 Å². The van der Waals surface area contributed by atoms with E-state index in [1.54, 1.807) is 12.1 Å². The number of nitrogens with two attached hydrogens (primary N) is 1. The maximum Gasteiger partial charge on any atom is 0.325 e. The Morgan fingerprint density at radius 1 is 1.11 bits per heavy atom. The molecule has 0 spiro atoms. The van der Waals surface area contributed by atoms with Crippen LogP contribution >= 0.6 is 0 Å². The second-order valence-corrected chi connectivity index (χ2v) is 4.31. The number of rotatable bonds is 3. The van der Waals surface area contributed by atoms with Gasteiger partial charge in [-0.2, -0.15) is 0 Å². The minimum atomic E-state index is -1.02. The number of hydrogen-bond donors (Lipinski definition) is 2. The molecular weight excluding hydrogens is 226 g/mol. The van der Waals surface area contributed by atoms with Gasteiger partial charge in [0.25, 0.3) is 0 Å². The van der Waals surface area contributed by atoms with Crippen molar-refractivity contribution < 1.29 is 9.90 Å². The van der Waals surface area contributed by atoms with Crippen molar-refractivity contribution in [2.45, 2.75) is 13.0 Å². The molecule has 1 atom stereocenters. The first kappa shape index (κ1) is 12.3. The van der Waals surface area contributed by atoms with Crippen molar-refractivity contribution in [1.82, 2.24) is 0 Å². The third-order valence-electron chi connectivity index (χ3n) is 2.89. The molecule has 3 heteroatoms. The number of carboxylic acids is 1. The first-order chi connectivity index (χ1) is 8.58. The Balaban J connectivity index is 2.30. The summed E-state index contributed by atoms with van der Waals surface area (Å²) in [5, 5.41) is 8.83. The van der Waals surface area contributed by atoms with E-state index >= 15 is 0 Å². The summed E-state index contributed by atoms with van der Waals surface area (Å²) in [7, 11) is 0. The molecule has 0 amide bonds. The first-order valence-corrected chi connectivity index (χ1v) is 5.73. The van der Waals surface area contributed by atoms with Crippen molar-refractivity contribution in [2.75, 3.05) is 0 Å². The van der Waals surface area contributed by atoms with E-state index in [0.29, 0.717) is 5.56 Å². The van der Waals surface area contributed by atoms with Gasteiger partial charge in [-0.1, -0.05) is 54.1 Å². The number of aryl methyl sites for hydroxylation is 1. The molecule has 0 bridgehead atoms. The third-order valence-corrected chi connectivity index (χ3v) is 2.89. The normalized spacial score (nSPS) is 12.1. The highest BCUT2D eigenvalue weighted by Gasteiger charge is 2.13. The maximum atomic E-state index is 10.8. The SMILES string of the molecule is Cc1cccc(-c2ccc(C(N)C(=O)O)cc2)c1. The second-order valence-electron chi connectivity index (χ2n) is 4.31. The summed E-state index contributed by atoms with van der Waals surface area (Å²) < 4.78 is 0. The lowest BCUT2D eigenvalue weighted by molar-refractivity contribution is -0.138. The van der Waals surface area contributed by atoms with Crippen LogP contribution in [0.4, 0.5) is 0 Å². The van der Waals surface area contributed by atoms with Gasteiger partial charge in [-0.3, -0.25) is 4.79 Å². The zero-order valence-corrected chi connectivity index (χ0v) is 10.1. The van der Waals surface area contributed by atoms with Crippen molar-refractivity contribution in [3.05, 3.63) is 59.7 Å². The third kappa shape index (κ3) is 2.57. The molecule has 92 valence electrons. The van der Waals surface area contributed by atoms with E-state index in [1.165, 1.54) is 5.56 Å². The molecule has 0 aliphatic rings. The van der Waals surface area contributed by atoms with Crippen LogP contribution in [0.1, 0.15) is 17.2 Å². The summed E-state index contributed by atoms with van der Waals surface area (Å²) >= 11 is 0. The van der Waals surface area contributed by atoms with Crippen molar-refractivity contribution in [3.63, 3.8) is 0 Å². The Labute approximate surface area is 106 Å². The van der Waals surface area contributed by atoms with Crippen LogP contribution in [0.15, 0.2) is 48.5 Å². The predicted molar refractivity (Wildman–Crippen MR) is 71.2 cm³/mol. The van der Waals surface area contributed by atoms with Crippen molar-refractivity contribution >= 4 is 5.97 Å². The van der Waals surface area contributed by atoms with Gasteiger partial charge in [0.15, 0.2) is 0 Å². The highest BCUT2D eigenvalue weighted by Crippen LogP contribution is 2.22. The molecule has 2 aromatic rings. The van der Waals surface area contributed by atoms with Gasteiger partial charge in [0.05, 0.1) is 0 Å². The molecule has 2 aromatic carbocycles. The molecule has 3 N–H and O–H groups in total. The zero-order valence-electron chi connectivity index (χ0n) is 10.1.